The van der Waals surface area contributed by atoms with E-state index in [1.807, 2.05) is 0 Å². The van der Waals surface area contributed by atoms with Crippen LogP contribution < -0.4 is 26.8 Å². The molecule has 3 aliphatic rings. The van der Waals surface area contributed by atoms with Crippen LogP contribution in [0.1, 0.15) is 44.2 Å². The Morgan fingerprint density at radius 1 is 1.17 bits per heavy atom. The number of aromatic hydroxyl groups is 1. The first-order chi connectivity index (χ1) is 22.3. The van der Waals surface area contributed by atoms with E-state index in [1.54, 1.807) is 0 Å². The van der Waals surface area contributed by atoms with Crippen molar-refractivity contribution < 1.29 is 44.0 Å². The van der Waals surface area contributed by atoms with Crippen molar-refractivity contribution in [2.24, 2.45) is 5.73 Å². The molecule has 17 nitrogen and oxygen atoms in total. The largest absolute Gasteiger partial charge is 0.508 e. The Morgan fingerprint density at radius 2 is 1.85 bits per heavy atom. The number of urea groups is 1. The summed E-state index contributed by atoms with van der Waals surface area (Å²) in [5.74, 6) is -3.67. The van der Waals surface area contributed by atoms with Crippen LogP contribution in [0.15, 0.2) is 46.5 Å². The number of carbonyl (C=O) groups excluding carboxylic acids is 4. The third-order valence-corrected chi connectivity index (χ3v) is 9.37. The normalized spacial score (nSPS) is 22.8. The second kappa shape index (κ2) is 13.7. The molecule has 18 heteroatoms. The van der Waals surface area contributed by atoms with Crippen LogP contribution in [0.5, 0.6) is 5.75 Å². The summed E-state index contributed by atoms with van der Waals surface area (Å²) in [4.78, 5) is 85.2. The number of anilines is 2. The van der Waals surface area contributed by atoms with Crippen LogP contribution in [-0.4, -0.2) is 95.9 Å². The third kappa shape index (κ3) is 7.02. The zero-order chi connectivity index (χ0) is 34.0. The lowest BCUT2D eigenvalue weighted by atomic mass is 9.93. The Labute approximate surface area is 271 Å². The summed E-state index contributed by atoms with van der Waals surface area (Å²) in [6, 6.07) is 1.08. The lowest BCUT2D eigenvalue weighted by Gasteiger charge is -2.49. The van der Waals surface area contributed by atoms with Crippen molar-refractivity contribution in [1.29, 1.82) is 0 Å². The Bertz CT molecular complexity index is 1670. The van der Waals surface area contributed by atoms with Gasteiger partial charge in [0, 0.05) is 24.3 Å². The van der Waals surface area contributed by atoms with E-state index in [2.05, 4.69) is 20.6 Å². The molecule has 8 N–H and O–H groups in total. The van der Waals surface area contributed by atoms with E-state index in [9.17, 15) is 44.1 Å². The third-order valence-electron chi connectivity index (χ3n) is 8.03. The van der Waals surface area contributed by atoms with Crippen LogP contribution in [0.4, 0.5) is 16.4 Å². The Morgan fingerprint density at radius 3 is 2.45 bits per heavy atom. The van der Waals surface area contributed by atoms with E-state index in [-0.39, 0.29) is 58.7 Å². The number of rotatable bonds is 10. The Balaban J connectivity index is 1.42. The van der Waals surface area contributed by atoms with Crippen molar-refractivity contribution in [3.8, 4) is 5.75 Å². The van der Waals surface area contributed by atoms with E-state index in [1.165, 1.54) is 31.2 Å². The minimum atomic E-state index is -1.63. The number of amides is 4. The minimum Gasteiger partial charge on any atom is -0.508 e. The monoisotopic (exact) mass is 671 g/mol. The highest BCUT2D eigenvalue weighted by atomic mass is 32.2. The van der Waals surface area contributed by atoms with Crippen LogP contribution in [0.3, 0.4) is 0 Å². The number of carbonyl (C=O) groups is 5. The molecule has 2 aromatic rings. The number of hydrogen-bond donors (Lipinski definition) is 7. The average Bonchev–Trinajstić information content (AvgIpc) is 3.02. The molecule has 4 amide bonds. The number of aliphatic hydroxyl groups excluding tert-OH is 1. The smallest absolute Gasteiger partial charge is 0.352 e. The molecule has 250 valence electrons. The number of phenolic OH excluding ortho intramolecular Hbond substituents is 1. The molecule has 0 bridgehead atoms. The fourth-order valence-corrected chi connectivity index (χ4v) is 7.05. The maximum absolute atomic E-state index is 13.9. The van der Waals surface area contributed by atoms with Gasteiger partial charge < -0.3 is 36.4 Å². The quantitative estimate of drug-likeness (QED) is 0.131. The van der Waals surface area contributed by atoms with Crippen LogP contribution in [-0.2, 0) is 23.9 Å². The van der Waals surface area contributed by atoms with Gasteiger partial charge in [-0.2, -0.15) is 0 Å². The predicted molar refractivity (Wildman–Crippen MR) is 166 cm³/mol. The highest BCUT2D eigenvalue weighted by Gasteiger charge is 2.55. The van der Waals surface area contributed by atoms with E-state index >= 15 is 0 Å². The standard InChI is InChI=1S/C29H33N7O10S/c1-13(37)46-11-15-12-47-26-20(25(42)36(26)22(15)27(43)44)33-24(41)21(14-2-6-17(38)7-3-14)35(28(30)45)19-10-31-29(34-23(19)40)32-16-4-8-18(39)9-5-16/h2-3,6-7,10,16,18,20-21,26,38-39H,4-5,8-9,11-12H2,1H3,(H2,30,45)(H,33,41)(H,43,44)(H2,31,32,34,40)/t16?,18?,20?,21?,26-/m0/s1. The number of benzene rings is 1. The lowest BCUT2D eigenvalue weighted by Crippen LogP contribution is -2.71. The Hall–Kier alpha value is -5.10. The molecule has 5 rings (SSSR count). The molecule has 1 aliphatic carbocycles. The molecular weight excluding hydrogens is 638 g/mol. The van der Waals surface area contributed by atoms with E-state index in [0.717, 1.165) is 22.9 Å². The zero-order valence-electron chi connectivity index (χ0n) is 25.0. The van der Waals surface area contributed by atoms with Gasteiger partial charge in [0.05, 0.1) is 12.3 Å². The molecule has 2 unspecified atom stereocenters. The molecule has 1 aromatic carbocycles. The van der Waals surface area contributed by atoms with Gasteiger partial charge in [0.25, 0.3) is 11.5 Å². The minimum absolute atomic E-state index is 0.0540. The molecule has 47 heavy (non-hydrogen) atoms. The number of β-lactam (4-membered cyclic amide) rings is 1. The maximum atomic E-state index is 13.9. The van der Waals surface area contributed by atoms with Crippen molar-refractivity contribution in [3.05, 3.63) is 57.6 Å². The number of carboxylic acid groups (broad SMARTS) is 1. The van der Waals surface area contributed by atoms with Crippen LogP contribution >= 0.6 is 11.8 Å². The predicted octanol–water partition coefficient (Wildman–Crippen LogP) is 0.119. The second-order valence-corrected chi connectivity index (χ2v) is 12.3. The summed E-state index contributed by atoms with van der Waals surface area (Å²) in [5, 5.41) is 34.3. The molecule has 3 heterocycles. The fraction of sp³-hybridized carbons (Fsp3) is 0.414. The Kier molecular flexibility index (Phi) is 9.71. The number of primary amides is 1. The van der Waals surface area contributed by atoms with Gasteiger partial charge in [-0.3, -0.25) is 34.0 Å². The van der Waals surface area contributed by atoms with Crippen molar-refractivity contribution >= 4 is 53.2 Å². The maximum Gasteiger partial charge on any atom is 0.352 e. The van der Waals surface area contributed by atoms with E-state index in [0.29, 0.717) is 30.6 Å². The number of nitrogens with two attached hydrogens (primary N) is 1. The van der Waals surface area contributed by atoms with Gasteiger partial charge in [0.1, 0.15) is 41.2 Å². The average molecular weight is 672 g/mol. The van der Waals surface area contributed by atoms with E-state index < -0.39 is 52.8 Å². The van der Waals surface area contributed by atoms with E-state index in [4.69, 9.17) is 10.5 Å². The number of H-pyrrole nitrogens is 1. The fourth-order valence-electron chi connectivity index (χ4n) is 5.72. The molecule has 2 aliphatic heterocycles. The number of aliphatic carboxylic acids is 1. The number of ether oxygens (including phenoxy) is 1. The molecule has 2 fully saturated rings. The van der Waals surface area contributed by atoms with Gasteiger partial charge in [0.15, 0.2) is 0 Å². The lowest BCUT2D eigenvalue weighted by molar-refractivity contribution is -0.151. The van der Waals surface area contributed by atoms with Gasteiger partial charge in [-0.1, -0.05) is 12.1 Å². The summed E-state index contributed by atoms with van der Waals surface area (Å²) >= 11 is 1.14. The van der Waals surface area contributed by atoms with Gasteiger partial charge in [-0.25, -0.2) is 14.6 Å². The molecule has 1 saturated carbocycles. The highest BCUT2D eigenvalue weighted by Crippen LogP contribution is 2.41. The molecular formula is C29H33N7O10S. The number of nitrogens with one attached hydrogen (secondary N) is 3. The second-order valence-electron chi connectivity index (χ2n) is 11.2. The van der Waals surface area contributed by atoms with Gasteiger partial charge >= 0.3 is 18.0 Å². The number of hydrogen-bond acceptors (Lipinski definition) is 12. The van der Waals surface area contributed by atoms with Crippen LogP contribution in [0.25, 0.3) is 0 Å². The summed E-state index contributed by atoms with van der Waals surface area (Å²) in [5.41, 5.74) is 4.51. The van der Waals surface area contributed by atoms with Crippen molar-refractivity contribution in [1.82, 2.24) is 20.2 Å². The zero-order valence-corrected chi connectivity index (χ0v) is 25.9. The molecule has 3 atom stereocenters. The number of fused-ring (bicyclic) bond motifs is 1. The molecule has 0 radical (unpaired) electrons. The number of phenols is 1. The number of thioether (sulfide) groups is 1. The number of nitrogens with zero attached hydrogens (tertiary/aromatic N) is 3. The first kappa shape index (κ1) is 33.3. The van der Waals surface area contributed by atoms with Gasteiger partial charge in [-0.05, 0) is 43.4 Å². The van der Waals surface area contributed by atoms with Crippen molar-refractivity contribution in [2.45, 2.75) is 62.2 Å². The topological polar surface area (TPSA) is 258 Å². The number of aromatic amines is 1. The van der Waals surface area contributed by atoms with Gasteiger partial charge in [0.2, 0.25) is 11.9 Å². The first-order valence-electron chi connectivity index (χ1n) is 14.6. The summed E-state index contributed by atoms with van der Waals surface area (Å²) in [6.07, 6.45) is 3.16. The number of carboxylic acids is 1. The summed E-state index contributed by atoms with van der Waals surface area (Å²) < 4.78 is 4.94. The number of aliphatic hydroxyl groups is 1. The molecule has 0 spiro atoms. The number of esters is 1. The SMILES string of the molecule is CC(=O)OCC1=C(C(=O)O)N2C(=O)C(NC(=O)C(c3ccc(O)cc3)N(C(N)=O)c3cnc(NC4CCC(O)CC4)[nH]c3=O)[C@@H]2SC1. The van der Waals surface area contributed by atoms with Crippen molar-refractivity contribution in [2.75, 3.05) is 22.6 Å². The molecule has 1 aromatic heterocycles. The number of aromatic nitrogens is 2. The first-order valence-corrected chi connectivity index (χ1v) is 15.7. The van der Waals surface area contributed by atoms with Crippen LogP contribution in [0.2, 0.25) is 0 Å². The summed E-state index contributed by atoms with van der Waals surface area (Å²) in [6.45, 7) is 0.841. The summed E-state index contributed by atoms with van der Waals surface area (Å²) in [7, 11) is 0. The van der Waals surface area contributed by atoms with Gasteiger partial charge in [-0.15, -0.1) is 11.8 Å². The molecule has 1 saturated heterocycles. The van der Waals surface area contributed by atoms with Crippen molar-refractivity contribution in [3.63, 3.8) is 0 Å². The van der Waals surface area contributed by atoms with Crippen LogP contribution in [0, 0.1) is 0 Å². The highest BCUT2D eigenvalue weighted by molar-refractivity contribution is 8.00.